The number of carboxylic acids is 1. The number of anilines is 2. The van der Waals surface area contributed by atoms with E-state index in [0.29, 0.717) is 47.5 Å². The Kier molecular flexibility index (Phi) is 11.9. The molecule has 0 bridgehead atoms. The van der Waals surface area contributed by atoms with E-state index >= 15 is 0 Å². The van der Waals surface area contributed by atoms with Gasteiger partial charge in [0.25, 0.3) is 5.91 Å². The Morgan fingerprint density at radius 1 is 0.920 bits per heavy atom. The Morgan fingerprint density at radius 3 is 2.44 bits per heavy atom. The zero-order valence-electron chi connectivity index (χ0n) is 27.2. The normalized spacial score (nSPS) is 14.8. The molecule has 0 saturated heterocycles. The van der Waals surface area contributed by atoms with Crippen molar-refractivity contribution >= 4 is 44.4 Å². The second-order valence-electron chi connectivity index (χ2n) is 12.9. The number of para-hydroxylation sites is 1. The number of thiazole rings is 1. The van der Waals surface area contributed by atoms with Gasteiger partial charge in [0.2, 0.25) is 0 Å². The number of carbonyl (C=O) groups is 2. The van der Waals surface area contributed by atoms with Crippen molar-refractivity contribution in [1.29, 1.82) is 0 Å². The number of hydrogen-bond acceptors (Lipinski definition) is 7. The molecule has 2 aliphatic rings. The van der Waals surface area contributed by atoms with Gasteiger partial charge in [0.1, 0.15) is 11.6 Å². The lowest BCUT2D eigenvalue weighted by Gasteiger charge is -2.31. The molecular weight excluding hydrogens is 645 g/mol. The van der Waals surface area contributed by atoms with E-state index in [2.05, 4.69) is 15.3 Å². The predicted molar refractivity (Wildman–Crippen MR) is 205 cm³/mol. The topological polar surface area (TPSA) is 105 Å². The monoisotopic (exact) mass is 692 g/mol. The molecule has 7 rings (SSSR count). The van der Waals surface area contributed by atoms with Crippen LogP contribution in [0.3, 0.4) is 0 Å². The number of nitrogens with zero attached hydrogens (tertiary/aromatic N) is 3. The molecule has 0 atom stereocenters. The Hall–Kier alpha value is -4.76. The molecule has 5 aromatic rings. The molecule has 1 aliphatic heterocycles. The van der Waals surface area contributed by atoms with Crippen LogP contribution < -0.4 is 15.0 Å². The van der Waals surface area contributed by atoms with Crippen LogP contribution in [-0.2, 0) is 13.0 Å². The smallest absolute Gasteiger partial charge is 0.355 e. The van der Waals surface area contributed by atoms with Gasteiger partial charge < -0.3 is 14.7 Å². The van der Waals surface area contributed by atoms with Gasteiger partial charge in [-0.15, -0.1) is 0 Å². The molecule has 262 valence electrons. The van der Waals surface area contributed by atoms with Crippen LogP contribution in [0.1, 0.15) is 97.3 Å². The summed E-state index contributed by atoms with van der Waals surface area (Å²) < 4.78 is 7.23. The van der Waals surface area contributed by atoms with E-state index < -0.39 is 5.97 Å². The van der Waals surface area contributed by atoms with E-state index in [9.17, 15) is 14.7 Å². The summed E-state index contributed by atoms with van der Waals surface area (Å²) in [6.45, 7) is 3.81. The molecular formula is C41H48N4O4S. The van der Waals surface area contributed by atoms with Crippen molar-refractivity contribution in [3.63, 3.8) is 0 Å². The molecule has 1 aliphatic carbocycles. The molecule has 1 fully saturated rings. The zero-order chi connectivity index (χ0) is 33.0. The number of benzene rings is 3. The summed E-state index contributed by atoms with van der Waals surface area (Å²) in [5.74, 6) is 0.681. The molecule has 2 N–H and O–H groups in total. The number of fused-ring (bicyclic) bond motifs is 2. The standard InChI is InChI=1S/C39H40N4O4S.2CH4/c1-25-22-28(47-24-26-10-5-3-2-4-6-11-26)16-17-29(25)30-18-19-35(41-36(30)38(45)46)43-21-20-27-12-9-13-31(32(27)23-43)37(44)42-39-40-33-14-7-8-15-34(33)48-39;;/h7-9,12-19,22,26H,2-6,10-11,20-21,23-24H2,1H3,(H,45,46)(H,40,42,44);2*1H4. The highest BCUT2D eigenvalue weighted by atomic mass is 32.1. The van der Waals surface area contributed by atoms with Gasteiger partial charge in [-0.3, -0.25) is 10.1 Å². The predicted octanol–water partition coefficient (Wildman–Crippen LogP) is 10.2. The maximum absolute atomic E-state index is 13.5. The Labute approximate surface area is 299 Å². The number of carboxylic acid groups (broad SMARTS) is 1. The minimum Gasteiger partial charge on any atom is -0.493 e. The number of rotatable bonds is 8. The number of aromatic nitrogens is 2. The SMILES string of the molecule is C.C.Cc1cc(OCC2CCCCCCC2)ccc1-c1ccc(N2CCc3cccc(C(=O)Nc4nc5ccccc5s4)c3C2)nc1C(=O)O. The number of pyridine rings is 1. The summed E-state index contributed by atoms with van der Waals surface area (Å²) in [5, 5.41) is 13.8. The largest absolute Gasteiger partial charge is 0.493 e. The van der Waals surface area contributed by atoms with Crippen molar-refractivity contribution in [2.24, 2.45) is 5.92 Å². The van der Waals surface area contributed by atoms with Crippen LogP contribution in [0, 0.1) is 12.8 Å². The molecule has 50 heavy (non-hydrogen) atoms. The third-order valence-corrected chi connectivity index (χ3v) is 10.6. The van der Waals surface area contributed by atoms with Crippen molar-refractivity contribution in [3.8, 4) is 16.9 Å². The minimum atomic E-state index is -1.08. The molecule has 0 unspecified atom stereocenters. The maximum Gasteiger partial charge on any atom is 0.355 e. The number of nitrogens with one attached hydrogen (secondary N) is 1. The number of aromatic carboxylic acids is 1. The number of carbonyl (C=O) groups excluding carboxylic acids is 1. The highest BCUT2D eigenvalue weighted by Gasteiger charge is 2.25. The van der Waals surface area contributed by atoms with E-state index in [1.807, 2.05) is 84.6 Å². The molecule has 0 radical (unpaired) electrons. The van der Waals surface area contributed by atoms with Gasteiger partial charge in [0.05, 0.1) is 16.8 Å². The van der Waals surface area contributed by atoms with Gasteiger partial charge in [-0.2, -0.15) is 0 Å². The average molecular weight is 693 g/mol. The fourth-order valence-corrected chi connectivity index (χ4v) is 7.90. The van der Waals surface area contributed by atoms with Crippen molar-refractivity contribution in [2.75, 3.05) is 23.4 Å². The van der Waals surface area contributed by atoms with E-state index in [-0.39, 0.29) is 26.5 Å². The van der Waals surface area contributed by atoms with E-state index in [1.54, 1.807) is 0 Å². The van der Waals surface area contributed by atoms with E-state index in [1.165, 1.54) is 56.3 Å². The quantitative estimate of drug-likeness (QED) is 0.167. The lowest BCUT2D eigenvalue weighted by atomic mass is 9.92. The Bertz CT molecular complexity index is 1930. The minimum absolute atomic E-state index is 0. The first-order chi connectivity index (χ1) is 23.4. The van der Waals surface area contributed by atoms with Gasteiger partial charge in [-0.05, 0) is 96.8 Å². The number of ether oxygens (including phenoxy) is 1. The van der Waals surface area contributed by atoms with E-state index in [0.717, 1.165) is 44.8 Å². The summed E-state index contributed by atoms with van der Waals surface area (Å²) in [6.07, 6.45) is 9.69. The first-order valence-corrected chi connectivity index (χ1v) is 17.8. The summed E-state index contributed by atoms with van der Waals surface area (Å²) in [6, 6.07) is 23.2. The van der Waals surface area contributed by atoms with Crippen LogP contribution in [0.25, 0.3) is 21.3 Å². The molecule has 3 aromatic carbocycles. The van der Waals surface area contributed by atoms with Crippen LogP contribution in [0.4, 0.5) is 10.9 Å². The molecule has 1 saturated carbocycles. The zero-order valence-corrected chi connectivity index (χ0v) is 28.0. The van der Waals surface area contributed by atoms with Gasteiger partial charge >= 0.3 is 5.97 Å². The second-order valence-corrected chi connectivity index (χ2v) is 14.0. The maximum atomic E-state index is 13.5. The Balaban J connectivity index is 0.00000243. The van der Waals surface area contributed by atoms with Crippen molar-refractivity contribution in [3.05, 3.63) is 101 Å². The molecule has 0 spiro atoms. The van der Waals surface area contributed by atoms with Crippen LogP contribution in [0.15, 0.2) is 72.8 Å². The summed E-state index contributed by atoms with van der Waals surface area (Å²) in [5.41, 5.74) is 5.79. The first-order valence-electron chi connectivity index (χ1n) is 16.9. The fraction of sp³-hybridized carbons (Fsp3) is 0.366. The Morgan fingerprint density at radius 2 is 1.68 bits per heavy atom. The van der Waals surface area contributed by atoms with Gasteiger partial charge in [0, 0.05) is 24.2 Å². The van der Waals surface area contributed by atoms with Crippen LogP contribution in [-0.4, -0.2) is 40.1 Å². The van der Waals surface area contributed by atoms with Gasteiger partial charge in [-0.1, -0.05) is 88.6 Å². The summed E-state index contributed by atoms with van der Waals surface area (Å²) in [7, 11) is 0. The first kappa shape index (κ1) is 36.5. The summed E-state index contributed by atoms with van der Waals surface area (Å²) in [4.78, 5) is 37.3. The van der Waals surface area contributed by atoms with Crippen molar-refractivity contribution in [1.82, 2.24) is 9.97 Å². The molecule has 2 aromatic heterocycles. The molecule has 8 nitrogen and oxygen atoms in total. The number of amides is 1. The van der Waals surface area contributed by atoms with Gasteiger partial charge in [-0.25, -0.2) is 14.8 Å². The highest BCUT2D eigenvalue weighted by molar-refractivity contribution is 7.22. The number of hydrogen-bond donors (Lipinski definition) is 2. The second kappa shape index (κ2) is 16.3. The van der Waals surface area contributed by atoms with Gasteiger partial charge in [0.15, 0.2) is 10.8 Å². The number of aryl methyl sites for hydroxylation is 1. The average Bonchev–Trinajstić information content (AvgIpc) is 3.49. The lowest BCUT2D eigenvalue weighted by Crippen LogP contribution is -2.33. The third-order valence-electron chi connectivity index (χ3n) is 9.64. The molecule has 3 heterocycles. The van der Waals surface area contributed by atoms with E-state index in [4.69, 9.17) is 4.74 Å². The molecule has 9 heteroatoms. The summed E-state index contributed by atoms with van der Waals surface area (Å²) >= 11 is 1.44. The van der Waals surface area contributed by atoms with Crippen LogP contribution in [0.2, 0.25) is 0 Å². The lowest BCUT2D eigenvalue weighted by molar-refractivity contribution is 0.0691. The third kappa shape index (κ3) is 7.99. The van der Waals surface area contributed by atoms with Crippen LogP contribution >= 0.6 is 11.3 Å². The molecule has 1 amide bonds. The van der Waals surface area contributed by atoms with Crippen molar-refractivity contribution in [2.45, 2.75) is 79.7 Å². The van der Waals surface area contributed by atoms with Crippen molar-refractivity contribution < 1.29 is 19.4 Å². The fourth-order valence-electron chi connectivity index (χ4n) is 7.03. The van der Waals surface area contributed by atoms with Crippen LogP contribution in [0.5, 0.6) is 5.75 Å². The highest BCUT2D eigenvalue weighted by Crippen LogP contribution is 2.34.